The molecule has 22 heavy (non-hydrogen) atoms. The molecule has 0 saturated heterocycles. The second kappa shape index (κ2) is 6.45. The summed E-state index contributed by atoms with van der Waals surface area (Å²) in [6.45, 7) is 0. The molecular formula is C18H16N2OS. The van der Waals surface area contributed by atoms with Gasteiger partial charge >= 0.3 is 0 Å². The van der Waals surface area contributed by atoms with E-state index in [1.165, 1.54) is 10.8 Å². The first-order chi connectivity index (χ1) is 10.8. The topological polar surface area (TPSA) is 33.3 Å². The van der Waals surface area contributed by atoms with Crippen LogP contribution in [0.2, 0.25) is 0 Å². The van der Waals surface area contributed by atoms with E-state index in [0.717, 1.165) is 17.1 Å². The Morgan fingerprint density at radius 2 is 1.59 bits per heavy atom. The zero-order valence-corrected chi connectivity index (χ0v) is 13.0. The van der Waals surface area contributed by atoms with E-state index in [1.54, 1.807) is 7.11 Å². The number of methoxy groups -OCH3 is 1. The van der Waals surface area contributed by atoms with Gasteiger partial charge < -0.3 is 15.4 Å². The van der Waals surface area contributed by atoms with Gasteiger partial charge in [-0.05, 0) is 47.3 Å². The summed E-state index contributed by atoms with van der Waals surface area (Å²) < 4.78 is 5.30. The third kappa shape index (κ3) is 3.18. The summed E-state index contributed by atoms with van der Waals surface area (Å²) in [6, 6.07) is 22.1. The van der Waals surface area contributed by atoms with Gasteiger partial charge in [-0.25, -0.2) is 0 Å². The molecule has 0 unspecified atom stereocenters. The van der Waals surface area contributed by atoms with Crippen LogP contribution in [0.25, 0.3) is 10.8 Å². The van der Waals surface area contributed by atoms with E-state index in [4.69, 9.17) is 17.0 Å². The van der Waals surface area contributed by atoms with Crippen molar-refractivity contribution >= 4 is 39.5 Å². The van der Waals surface area contributed by atoms with Crippen molar-refractivity contribution in [1.29, 1.82) is 0 Å². The Bertz CT molecular complexity index is 817. The summed E-state index contributed by atoms with van der Waals surface area (Å²) in [4.78, 5) is 0. The average molecular weight is 308 g/mol. The van der Waals surface area contributed by atoms with Gasteiger partial charge in [-0.2, -0.15) is 0 Å². The highest BCUT2D eigenvalue weighted by molar-refractivity contribution is 7.80. The van der Waals surface area contributed by atoms with Gasteiger partial charge in [0, 0.05) is 5.69 Å². The molecule has 0 atom stereocenters. The van der Waals surface area contributed by atoms with Crippen LogP contribution in [0.1, 0.15) is 0 Å². The fraction of sp³-hybridized carbons (Fsp3) is 0.0556. The summed E-state index contributed by atoms with van der Waals surface area (Å²) >= 11 is 5.37. The first kappa shape index (κ1) is 14.4. The number of hydrogen-bond acceptors (Lipinski definition) is 2. The van der Waals surface area contributed by atoms with Gasteiger partial charge in [0.2, 0.25) is 0 Å². The molecule has 0 aliphatic carbocycles. The standard InChI is InChI=1S/C18H16N2OS/c1-21-17-9-5-4-8-16(17)20-18(22)19-15-11-10-13-6-2-3-7-14(13)12-15/h2-12H,1H3,(H2,19,20,22). The minimum absolute atomic E-state index is 0.528. The first-order valence-corrected chi connectivity index (χ1v) is 7.37. The summed E-state index contributed by atoms with van der Waals surface area (Å²) in [5.74, 6) is 0.755. The maximum Gasteiger partial charge on any atom is 0.175 e. The van der Waals surface area contributed by atoms with Gasteiger partial charge in [-0.1, -0.05) is 42.5 Å². The molecule has 3 rings (SSSR count). The molecule has 2 N–H and O–H groups in total. The molecule has 0 saturated carbocycles. The van der Waals surface area contributed by atoms with Crippen LogP contribution >= 0.6 is 12.2 Å². The highest BCUT2D eigenvalue weighted by Gasteiger charge is 2.04. The van der Waals surface area contributed by atoms with E-state index in [0.29, 0.717) is 5.11 Å². The summed E-state index contributed by atoms with van der Waals surface area (Å²) in [5, 5.41) is 9.26. The van der Waals surface area contributed by atoms with Crippen LogP contribution in [0, 0.1) is 0 Å². The Hall–Kier alpha value is -2.59. The lowest BCUT2D eigenvalue weighted by Crippen LogP contribution is -2.19. The Morgan fingerprint density at radius 1 is 0.864 bits per heavy atom. The lowest BCUT2D eigenvalue weighted by atomic mass is 10.1. The van der Waals surface area contributed by atoms with E-state index < -0.39 is 0 Å². The molecule has 0 amide bonds. The van der Waals surface area contributed by atoms with Gasteiger partial charge in [0.1, 0.15) is 5.75 Å². The Kier molecular flexibility index (Phi) is 4.21. The number of rotatable bonds is 3. The average Bonchev–Trinajstić information content (AvgIpc) is 2.55. The van der Waals surface area contributed by atoms with E-state index >= 15 is 0 Å². The molecule has 0 bridgehead atoms. The summed E-state index contributed by atoms with van der Waals surface area (Å²) in [6.07, 6.45) is 0. The molecule has 0 radical (unpaired) electrons. The van der Waals surface area contributed by atoms with Crippen LogP contribution < -0.4 is 15.4 Å². The zero-order chi connectivity index (χ0) is 15.4. The van der Waals surface area contributed by atoms with E-state index in [1.807, 2.05) is 42.5 Å². The Morgan fingerprint density at radius 3 is 2.41 bits per heavy atom. The highest BCUT2D eigenvalue weighted by atomic mass is 32.1. The fourth-order valence-corrected chi connectivity index (χ4v) is 2.53. The minimum atomic E-state index is 0.528. The van der Waals surface area contributed by atoms with Gasteiger partial charge in [0.05, 0.1) is 12.8 Å². The van der Waals surface area contributed by atoms with Crippen LogP contribution in [-0.4, -0.2) is 12.2 Å². The van der Waals surface area contributed by atoms with Crippen LogP contribution in [-0.2, 0) is 0 Å². The van der Waals surface area contributed by atoms with Crippen LogP contribution in [0.5, 0.6) is 5.75 Å². The van der Waals surface area contributed by atoms with E-state index in [2.05, 4.69) is 34.9 Å². The van der Waals surface area contributed by atoms with Crippen LogP contribution in [0.15, 0.2) is 66.7 Å². The molecule has 0 fully saturated rings. The number of ether oxygens (including phenoxy) is 1. The molecule has 0 aliphatic heterocycles. The SMILES string of the molecule is COc1ccccc1NC(=S)Nc1ccc2ccccc2c1. The molecule has 4 heteroatoms. The molecule has 0 aliphatic rings. The van der Waals surface area contributed by atoms with Crippen molar-refractivity contribution in [3.63, 3.8) is 0 Å². The number of para-hydroxylation sites is 2. The van der Waals surface area contributed by atoms with Gasteiger partial charge in [-0.3, -0.25) is 0 Å². The molecule has 3 aromatic rings. The smallest absolute Gasteiger partial charge is 0.175 e. The number of thiocarbonyl (C=S) groups is 1. The predicted octanol–water partition coefficient (Wildman–Crippen LogP) is 4.66. The normalized spacial score (nSPS) is 10.2. The fourth-order valence-electron chi connectivity index (χ4n) is 2.30. The lowest BCUT2D eigenvalue weighted by Gasteiger charge is -2.13. The quantitative estimate of drug-likeness (QED) is 0.690. The van der Waals surface area contributed by atoms with Crippen molar-refractivity contribution in [2.45, 2.75) is 0 Å². The maximum atomic E-state index is 5.37. The maximum absolute atomic E-state index is 5.37. The number of nitrogens with one attached hydrogen (secondary N) is 2. The third-order valence-corrected chi connectivity index (χ3v) is 3.57. The van der Waals surface area contributed by atoms with Crippen molar-refractivity contribution in [1.82, 2.24) is 0 Å². The van der Waals surface area contributed by atoms with Gasteiger partial charge in [0.15, 0.2) is 5.11 Å². The summed E-state index contributed by atoms with van der Waals surface area (Å²) in [5.41, 5.74) is 1.79. The molecule has 0 heterocycles. The number of fused-ring (bicyclic) bond motifs is 1. The molecule has 0 aromatic heterocycles. The summed E-state index contributed by atoms with van der Waals surface area (Å²) in [7, 11) is 1.64. The molecule has 110 valence electrons. The molecular weight excluding hydrogens is 292 g/mol. The number of benzene rings is 3. The van der Waals surface area contributed by atoms with Crippen LogP contribution in [0.4, 0.5) is 11.4 Å². The number of hydrogen-bond donors (Lipinski definition) is 2. The van der Waals surface area contributed by atoms with Crippen molar-refractivity contribution in [2.75, 3.05) is 17.7 Å². The Balaban J connectivity index is 1.75. The van der Waals surface area contributed by atoms with E-state index in [9.17, 15) is 0 Å². The second-order valence-electron chi connectivity index (χ2n) is 4.84. The second-order valence-corrected chi connectivity index (χ2v) is 5.25. The van der Waals surface area contributed by atoms with Crippen molar-refractivity contribution < 1.29 is 4.74 Å². The minimum Gasteiger partial charge on any atom is -0.495 e. The molecule has 0 spiro atoms. The van der Waals surface area contributed by atoms with Gasteiger partial charge in [0.25, 0.3) is 0 Å². The lowest BCUT2D eigenvalue weighted by molar-refractivity contribution is 0.417. The van der Waals surface area contributed by atoms with Crippen molar-refractivity contribution in [3.8, 4) is 5.75 Å². The highest BCUT2D eigenvalue weighted by Crippen LogP contribution is 2.24. The predicted molar refractivity (Wildman–Crippen MR) is 96.8 cm³/mol. The van der Waals surface area contributed by atoms with Crippen molar-refractivity contribution in [3.05, 3.63) is 66.7 Å². The number of anilines is 2. The third-order valence-electron chi connectivity index (χ3n) is 3.36. The zero-order valence-electron chi connectivity index (χ0n) is 12.2. The van der Waals surface area contributed by atoms with Crippen LogP contribution in [0.3, 0.4) is 0 Å². The van der Waals surface area contributed by atoms with Gasteiger partial charge in [-0.15, -0.1) is 0 Å². The molecule has 3 aromatic carbocycles. The molecule has 3 nitrogen and oxygen atoms in total. The monoisotopic (exact) mass is 308 g/mol. The van der Waals surface area contributed by atoms with E-state index in [-0.39, 0.29) is 0 Å². The Labute approximate surface area is 134 Å². The van der Waals surface area contributed by atoms with Crippen molar-refractivity contribution in [2.24, 2.45) is 0 Å². The first-order valence-electron chi connectivity index (χ1n) is 6.96. The largest absolute Gasteiger partial charge is 0.495 e.